The Morgan fingerprint density at radius 1 is 0.632 bits per heavy atom. The van der Waals surface area contributed by atoms with Gasteiger partial charge in [-0.1, -0.05) is 97.3 Å². The second kappa shape index (κ2) is 26.0. The number of alkyl carbamates (subject to hydrolysis) is 1. The molecular weight excluding hydrogens is 476 g/mol. The quantitative estimate of drug-likeness (QED) is 0.0846. The van der Waals surface area contributed by atoms with Crippen LogP contribution >= 0.6 is 0 Å². The Labute approximate surface area is 236 Å². The highest BCUT2D eigenvalue weighted by molar-refractivity contribution is 5.69. The van der Waals surface area contributed by atoms with Gasteiger partial charge in [0.2, 0.25) is 0 Å². The van der Waals surface area contributed by atoms with E-state index in [1.54, 1.807) is 0 Å². The van der Waals surface area contributed by atoms with E-state index >= 15 is 0 Å². The van der Waals surface area contributed by atoms with Crippen LogP contribution in [-0.2, 0) is 14.3 Å². The maximum Gasteiger partial charge on any atom is 0.407 e. The van der Waals surface area contributed by atoms with Gasteiger partial charge in [0.05, 0.1) is 0 Å². The predicted octanol–water partition coefficient (Wildman–Crippen LogP) is 8.85. The molecule has 0 atom stereocenters. The summed E-state index contributed by atoms with van der Waals surface area (Å²) >= 11 is 0. The van der Waals surface area contributed by atoms with Crippen LogP contribution in [0.5, 0.6) is 0 Å². The summed E-state index contributed by atoms with van der Waals surface area (Å²) in [6.45, 7) is 12.3. The molecule has 0 aliphatic heterocycles. The van der Waals surface area contributed by atoms with E-state index in [2.05, 4.69) is 24.5 Å². The fourth-order valence-corrected chi connectivity index (χ4v) is 4.55. The van der Waals surface area contributed by atoms with Crippen LogP contribution in [0.3, 0.4) is 0 Å². The lowest BCUT2D eigenvalue weighted by Gasteiger charge is -2.19. The third-order valence-electron chi connectivity index (χ3n) is 6.76. The average Bonchev–Trinajstić information content (AvgIpc) is 2.85. The van der Waals surface area contributed by atoms with Gasteiger partial charge in [-0.15, -0.1) is 0 Å². The standard InChI is InChI=1S/C32H64N2O4/c1-6-8-10-12-15-19-23-29(24-20-16-13-11-9-7-2)37-30(35)25-21-17-14-18-22-26-33-27-28-34-31(36)38-32(3,4)5/h29,33H,6-28H2,1-5H3,(H,34,36). The third-order valence-corrected chi connectivity index (χ3v) is 6.76. The molecule has 0 rings (SSSR count). The number of amides is 1. The van der Waals surface area contributed by atoms with Crippen LogP contribution in [0, 0.1) is 0 Å². The van der Waals surface area contributed by atoms with Gasteiger partial charge in [-0.2, -0.15) is 0 Å². The summed E-state index contributed by atoms with van der Waals surface area (Å²) in [4.78, 5) is 24.1. The van der Waals surface area contributed by atoms with Crippen LogP contribution in [0.25, 0.3) is 0 Å². The first-order valence-electron chi connectivity index (χ1n) is 16.2. The molecule has 0 saturated heterocycles. The number of rotatable bonds is 26. The van der Waals surface area contributed by atoms with Crippen molar-refractivity contribution in [2.75, 3.05) is 19.6 Å². The van der Waals surface area contributed by atoms with E-state index in [0.717, 1.165) is 58.0 Å². The van der Waals surface area contributed by atoms with Crippen LogP contribution in [0.4, 0.5) is 4.79 Å². The van der Waals surface area contributed by atoms with Crippen LogP contribution in [0.2, 0.25) is 0 Å². The summed E-state index contributed by atoms with van der Waals surface area (Å²) in [5.74, 6) is 0.00567. The number of esters is 1. The van der Waals surface area contributed by atoms with Crippen LogP contribution in [0.1, 0.15) is 163 Å². The minimum absolute atomic E-state index is 0.00567. The summed E-state index contributed by atoms with van der Waals surface area (Å²) in [5.41, 5.74) is -0.461. The van der Waals surface area contributed by atoms with Crippen molar-refractivity contribution >= 4 is 12.1 Å². The molecule has 0 bridgehead atoms. The van der Waals surface area contributed by atoms with Crippen molar-refractivity contribution in [3.8, 4) is 0 Å². The van der Waals surface area contributed by atoms with Crippen molar-refractivity contribution in [1.82, 2.24) is 10.6 Å². The molecule has 0 heterocycles. The molecule has 6 nitrogen and oxygen atoms in total. The highest BCUT2D eigenvalue weighted by Crippen LogP contribution is 2.18. The fraction of sp³-hybridized carbons (Fsp3) is 0.938. The van der Waals surface area contributed by atoms with Gasteiger partial charge in [0.1, 0.15) is 11.7 Å². The van der Waals surface area contributed by atoms with Gasteiger partial charge in [-0.05, 0) is 65.8 Å². The normalized spacial score (nSPS) is 11.6. The number of unbranched alkanes of at least 4 members (excludes halogenated alkanes) is 14. The van der Waals surface area contributed by atoms with Crippen molar-refractivity contribution in [3.63, 3.8) is 0 Å². The zero-order valence-corrected chi connectivity index (χ0v) is 26.0. The second-order valence-corrected chi connectivity index (χ2v) is 11.9. The number of ether oxygens (including phenoxy) is 2. The smallest absolute Gasteiger partial charge is 0.407 e. The number of nitrogens with one attached hydrogen (secondary N) is 2. The molecule has 0 aliphatic rings. The molecule has 2 N–H and O–H groups in total. The van der Waals surface area contributed by atoms with Crippen LogP contribution in [-0.4, -0.2) is 43.4 Å². The van der Waals surface area contributed by atoms with Gasteiger partial charge in [0.15, 0.2) is 0 Å². The van der Waals surface area contributed by atoms with Gasteiger partial charge >= 0.3 is 12.1 Å². The number of carbonyl (C=O) groups is 2. The van der Waals surface area contributed by atoms with E-state index in [1.165, 1.54) is 77.0 Å². The first-order chi connectivity index (χ1) is 18.3. The molecule has 38 heavy (non-hydrogen) atoms. The average molecular weight is 541 g/mol. The van der Waals surface area contributed by atoms with Crippen LogP contribution in [0.15, 0.2) is 0 Å². The molecule has 0 aromatic heterocycles. The fourth-order valence-electron chi connectivity index (χ4n) is 4.55. The molecule has 0 unspecified atom stereocenters. The Bertz CT molecular complexity index is 532. The number of carbonyl (C=O) groups excluding carboxylic acids is 2. The first-order valence-corrected chi connectivity index (χ1v) is 16.2. The molecule has 226 valence electrons. The van der Waals surface area contributed by atoms with E-state index in [9.17, 15) is 9.59 Å². The molecule has 0 aromatic rings. The number of hydrogen-bond donors (Lipinski definition) is 2. The summed E-state index contributed by atoms with van der Waals surface area (Å²) in [7, 11) is 0. The predicted molar refractivity (Wildman–Crippen MR) is 161 cm³/mol. The zero-order chi connectivity index (χ0) is 28.3. The van der Waals surface area contributed by atoms with Gasteiger partial charge < -0.3 is 20.1 Å². The topological polar surface area (TPSA) is 76.7 Å². The molecule has 0 spiro atoms. The molecule has 0 saturated carbocycles. The summed E-state index contributed by atoms with van der Waals surface area (Å²) in [6, 6.07) is 0. The van der Waals surface area contributed by atoms with E-state index in [4.69, 9.17) is 9.47 Å². The largest absolute Gasteiger partial charge is 0.462 e. The Balaban J connectivity index is 3.87. The zero-order valence-electron chi connectivity index (χ0n) is 26.0. The summed E-state index contributed by atoms with van der Waals surface area (Å²) < 4.78 is 11.2. The lowest BCUT2D eigenvalue weighted by Crippen LogP contribution is -2.36. The molecule has 0 aliphatic carbocycles. The Hall–Kier alpha value is -1.30. The van der Waals surface area contributed by atoms with Crippen molar-refractivity contribution in [1.29, 1.82) is 0 Å². The van der Waals surface area contributed by atoms with Gasteiger partial charge in [0.25, 0.3) is 0 Å². The van der Waals surface area contributed by atoms with Crippen molar-refractivity contribution in [2.24, 2.45) is 0 Å². The SMILES string of the molecule is CCCCCCCCC(CCCCCCCC)OC(=O)CCCCCCCNCCNC(=O)OC(C)(C)C. The van der Waals surface area contributed by atoms with Gasteiger partial charge in [-0.3, -0.25) is 4.79 Å². The molecule has 6 heteroatoms. The summed E-state index contributed by atoms with van der Waals surface area (Å²) in [6.07, 6.45) is 23.2. The first kappa shape index (κ1) is 36.7. The maximum atomic E-state index is 12.5. The molecule has 1 amide bonds. The minimum atomic E-state index is -0.461. The minimum Gasteiger partial charge on any atom is -0.462 e. The van der Waals surface area contributed by atoms with Crippen molar-refractivity contribution in [2.45, 2.75) is 175 Å². The maximum absolute atomic E-state index is 12.5. The Kier molecular flexibility index (Phi) is 25.1. The van der Waals surface area contributed by atoms with Crippen LogP contribution < -0.4 is 10.6 Å². The third kappa shape index (κ3) is 27.7. The molecular formula is C32H64N2O4. The van der Waals surface area contributed by atoms with E-state index in [-0.39, 0.29) is 18.2 Å². The molecule has 0 fully saturated rings. The van der Waals surface area contributed by atoms with Gasteiger partial charge in [-0.25, -0.2) is 4.79 Å². The highest BCUT2D eigenvalue weighted by atomic mass is 16.6. The van der Waals surface area contributed by atoms with E-state index in [0.29, 0.717) is 13.0 Å². The Morgan fingerprint density at radius 3 is 1.68 bits per heavy atom. The van der Waals surface area contributed by atoms with Crippen molar-refractivity contribution < 1.29 is 19.1 Å². The van der Waals surface area contributed by atoms with Crippen molar-refractivity contribution in [3.05, 3.63) is 0 Å². The monoisotopic (exact) mass is 540 g/mol. The van der Waals surface area contributed by atoms with Gasteiger partial charge in [0, 0.05) is 19.5 Å². The number of hydrogen-bond acceptors (Lipinski definition) is 5. The lowest BCUT2D eigenvalue weighted by molar-refractivity contribution is -0.150. The highest BCUT2D eigenvalue weighted by Gasteiger charge is 2.15. The molecule has 0 radical (unpaired) electrons. The second-order valence-electron chi connectivity index (χ2n) is 11.9. The molecule has 0 aromatic carbocycles. The summed E-state index contributed by atoms with van der Waals surface area (Å²) in [5, 5.41) is 6.11. The Morgan fingerprint density at radius 2 is 1.13 bits per heavy atom. The van der Waals surface area contributed by atoms with E-state index < -0.39 is 5.60 Å². The lowest BCUT2D eigenvalue weighted by atomic mass is 10.0. The van der Waals surface area contributed by atoms with E-state index in [1.807, 2.05) is 20.8 Å².